The van der Waals surface area contributed by atoms with Gasteiger partial charge in [0.2, 0.25) is 0 Å². The Morgan fingerprint density at radius 2 is 1.91 bits per heavy atom. The predicted molar refractivity (Wildman–Crippen MR) is 83.4 cm³/mol. The Hall–Kier alpha value is -0.640. The number of thioether (sulfide) groups is 1. The first-order valence-electron chi connectivity index (χ1n) is 6.74. The fourth-order valence-electron chi connectivity index (χ4n) is 2.09. The fraction of sp³-hybridized carbons (Fsp3) is 0.538. The number of nitrogens with zero attached hydrogens (tertiary/aromatic N) is 1. The summed E-state index contributed by atoms with van der Waals surface area (Å²) >= 11 is 7.57. The predicted octanol–water partition coefficient (Wildman–Crippen LogP) is 3.75. The van der Waals surface area contributed by atoms with Crippen LogP contribution in [-0.2, 0) is 10.1 Å². The molecule has 1 fully saturated rings. The third kappa shape index (κ3) is 4.91. The minimum Gasteiger partial charge on any atom is -0.376 e. The Morgan fingerprint density at radius 3 is 2.43 bits per heavy atom. The second-order valence-electron chi connectivity index (χ2n) is 5.20. The average Bonchev–Trinajstić information content (AvgIpc) is 2.42. The summed E-state index contributed by atoms with van der Waals surface area (Å²) in [5.41, 5.74) is -5.47. The van der Waals surface area contributed by atoms with Crippen LogP contribution in [0.5, 0.6) is 5.75 Å². The van der Waals surface area contributed by atoms with E-state index < -0.39 is 21.4 Å². The Morgan fingerprint density at radius 1 is 1.30 bits per heavy atom. The number of halogens is 4. The second kappa shape index (κ2) is 7.08. The molecule has 1 heterocycles. The van der Waals surface area contributed by atoms with E-state index in [1.165, 1.54) is 23.9 Å². The highest BCUT2D eigenvalue weighted by atomic mass is 35.5. The molecule has 1 aromatic carbocycles. The van der Waals surface area contributed by atoms with Gasteiger partial charge in [-0.25, -0.2) is 0 Å². The Bertz CT molecular complexity index is 659. The molecular weight excluding hydrogens is 375 g/mol. The lowest BCUT2D eigenvalue weighted by atomic mass is 10.1. The zero-order valence-corrected chi connectivity index (χ0v) is 14.5. The summed E-state index contributed by atoms with van der Waals surface area (Å²) in [6.45, 7) is 1.95. The minimum absolute atomic E-state index is 0.170. The van der Waals surface area contributed by atoms with Crippen LogP contribution in [0.1, 0.15) is 12.8 Å². The van der Waals surface area contributed by atoms with E-state index in [9.17, 15) is 21.6 Å². The monoisotopic (exact) mass is 389 g/mol. The van der Waals surface area contributed by atoms with Gasteiger partial charge in [-0.3, -0.25) is 0 Å². The maximum atomic E-state index is 12.3. The van der Waals surface area contributed by atoms with Crippen molar-refractivity contribution in [1.82, 2.24) is 4.90 Å². The minimum atomic E-state index is -5.68. The lowest BCUT2D eigenvalue weighted by molar-refractivity contribution is -0.0500. The average molecular weight is 390 g/mol. The van der Waals surface area contributed by atoms with E-state index in [0.717, 1.165) is 32.0 Å². The number of alkyl halides is 3. The molecule has 1 aliphatic heterocycles. The third-order valence-corrected chi connectivity index (χ3v) is 6.17. The molecule has 1 aliphatic rings. The quantitative estimate of drug-likeness (QED) is 0.579. The highest BCUT2D eigenvalue weighted by molar-refractivity contribution is 8.00. The number of rotatable bonds is 4. The van der Waals surface area contributed by atoms with Crippen molar-refractivity contribution >= 4 is 33.5 Å². The van der Waals surface area contributed by atoms with E-state index in [1.807, 2.05) is 7.05 Å². The number of hydrogen-bond donors (Lipinski definition) is 0. The van der Waals surface area contributed by atoms with Gasteiger partial charge < -0.3 is 9.08 Å². The molecule has 4 nitrogen and oxygen atoms in total. The van der Waals surface area contributed by atoms with Crippen LogP contribution in [-0.4, -0.2) is 44.2 Å². The first-order chi connectivity index (χ1) is 10.6. The molecule has 0 amide bonds. The van der Waals surface area contributed by atoms with E-state index in [1.54, 1.807) is 0 Å². The molecule has 0 aliphatic carbocycles. The number of piperidine rings is 1. The van der Waals surface area contributed by atoms with Gasteiger partial charge in [0, 0.05) is 16.2 Å². The molecule has 0 N–H and O–H groups in total. The molecule has 0 saturated carbocycles. The summed E-state index contributed by atoms with van der Waals surface area (Å²) < 4.78 is 62.8. The SMILES string of the molecule is CN1CCC(Sc2ccc(OS(=O)(=O)C(F)(F)F)cc2Cl)CC1. The number of benzene rings is 1. The maximum Gasteiger partial charge on any atom is 0.534 e. The second-order valence-corrected chi connectivity index (χ2v) is 8.48. The van der Waals surface area contributed by atoms with Crippen molar-refractivity contribution in [1.29, 1.82) is 0 Å². The summed E-state index contributed by atoms with van der Waals surface area (Å²) in [7, 11) is -3.64. The topological polar surface area (TPSA) is 46.6 Å². The van der Waals surface area contributed by atoms with Crippen LogP contribution in [0.3, 0.4) is 0 Å². The van der Waals surface area contributed by atoms with Gasteiger partial charge in [0.1, 0.15) is 5.75 Å². The molecule has 1 aromatic rings. The van der Waals surface area contributed by atoms with Crippen molar-refractivity contribution in [3.05, 3.63) is 23.2 Å². The molecule has 0 bridgehead atoms. The highest BCUT2D eigenvalue weighted by Gasteiger charge is 2.48. The van der Waals surface area contributed by atoms with Crippen LogP contribution in [0, 0.1) is 0 Å². The Labute approximate surface area is 142 Å². The van der Waals surface area contributed by atoms with Crippen LogP contribution in [0.15, 0.2) is 23.1 Å². The molecule has 10 heteroatoms. The molecule has 130 valence electrons. The fourth-order valence-corrected chi connectivity index (χ4v) is 3.96. The number of hydrogen-bond acceptors (Lipinski definition) is 5. The van der Waals surface area contributed by atoms with Gasteiger partial charge in [-0.2, -0.15) is 21.6 Å². The molecule has 0 radical (unpaired) electrons. The Balaban J connectivity index is 2.06. The summed E-state index contributed by atoms with van der Waals surface area (Å²) in [6, 6.07) is 3.74. The smallest absolute Gasteiger partial charge is 0.376 e. The molecule has 0 unspecified atom stereocenters. The van der Waals surface area contributed by atoms with Crippen LogP contribution in [0.25, 0.3) is 0 Å². The molecule has 0 aromatic heterocycles. The van der Waals surface area contributed by atoms with Crippen molar-refractivity contribution in [2.75, 3.05) is 20.1 Å². The molecule has 0 spiro atoms. The molecular formula is C13H15ClF3NO3S2. The first kappa shape index (κ1) is 18.7. The molecule has 2 rings (SSSR count). The van der Waals surface area contributed by atoms with E-state index in [2.05, 4.69) is 9.08 Å². The summed E-state index contributed by atoms with van der Waals surface area (Å²) in [5, 5.41) is 0.540. The molecule has 0 atom stereocenters. The normalized spacial score (nSPS) is 18.1. The van der Waals surface area contributed by atoms with Crippen molar-refractivity contribution < 1.29 is 25.8 Å². The van der Waals surface area contributed by atoms with Gasteiger partial charge in [-0.1, -0.05) is 11.6 Å². The zero-order valence-electron chi connectivity index (χ0n) is 12.1. The van der Waals surface area contributed by atoms with Crippen molar-refractivity contribution in [2.45, 2.75) is 28.5 Å². The lowest BCUT2D eigenvalue weighted by Crippen LogP contribution is -2.31. The first-order valence-corrected chi connectivity index (χ1v) is 9.40. The number of likely N-dealkylation sites (tertiary alicyclic amines) is 1. The largest absolute Gasteiger partial charge is 0.534 e. The maximum absolute atomic E-state index is 12.3. The zero-order chi connectivity index (χ0) is 17.3. The van der Waals surface area contributed by atoms with Crippen molar-refractivity contribution in [2.24, 2.45) is 0 Å². The summed E-state index contributed by atoms with van der Waals surface area (Å²) in [4.78, 5) is 2.91. The van der Waals surface area contributed by atoms with Gasteiger partial charge >= 0.3 is 15.6 Å². The Kier molecular flexibility index (Phi) is 5.76. The summed E-state index contributed by atoms with van der Waals surface area (Å²) in [6.07, 6.45) is 1.97. The van der Waals surface area contributed by atoms with Gasteiger partial charge in [-0.05, 0) is 45.1 Å². The van der Waals surface area contributed by atoms with E-state index in [-0.39, 0.29) is 5.02 Å². The van der Waals surface area contributed by atoms with Crippen LogP contribution in [0.4, 0.5) is 13.2 Å². The van der Waals surface area contributed by atoms with E-state index in [4.69, 9.17) is 11.6 Å². The summed E-state index contributed by atoms with van der Waals surface area (Å²) in [5.74, 6) is -0.458. The van der Waals surface area contributed by atoms with Crippen LogP contribution in [0.2, 0.25) is 5.02 Å². The highest BCUT2D eigenvalue weighted by Crippen LogP contribution is 2.37. The van der Waals surface area contributed by atoms with E-state index in [0.29, 0.717) is 10.1 Å². The van der Waals surface area contributed by atoms with Gasteiger partial charge in [0.15, 0.2) is 0 Å². The van der Waals surface area contributed by atoms with Crippen LogP contribution < -0.4 is 4.18 Å². The molecule has 23 heavy (non-hydrogen) atoms. The lowest BCUT2D eigenvalue weighted by Gasteiger charge is -2.28. The van der Waals surface area contributed by atoms with Crippen molar-refractivity contribution in [3.63, 3.8) is 0 Å². The van der Waals surface area contributed by atoms with Crippen LogP contribution >= 0.6 is 23.4 Å². The van der Waals surface area contributed by atoms with Crippen molar-refractivity contribution in [3.8, 4) is 5.75 Å². The third-order valence-electron chi connectivity index (χ3n) is 3.35. The van der Waals surface area contributed by atoms with Gasteiger partial charge in [-0.15, -0.1) is 11.8 Å². The van der Waals surface area contributed by atoms with E-state index >= 15 is 0 Å². The van der Waals surface area contributed by atoms with Gasteiger partial charge in [0.25, 0.3) is 0 Å². The molecule has 1 saturated heterocycles. The van der Waals surface area contributed by atoms with Gasteiger partial charge in [0.05, 0.1) is 5.02 Å². The standard InChI is InChI=1S/C13H15ClF3NO3S2/c1-18-6-4-10(5-7-18)22-12-3-2-9(8-11(12)14)21-23(19,20)13(15,16)17/h2-3,8,10H,4-7H2,1H3.